The van der Waals surface area contributed by atoms with Gasteiger partial charge in [0.2, 0.25) is 0 Å². The van der Waals surface area contributed by atoms with Gasteiger partial charge in [-0.2, -0.15) is 18.3 Å². The van der Waals surface area contributed by atoms with Crippen molar-refractivity contribution in [2.24, 2.45) is 7.05 Å². The van der Waals surface area contributed by atoms with Gasteiger partial charge in [0.1, 0.15) is 0 Å². The number of anilines is 1. The van der Waals surface area contributed by atoms with Crippen molar-refractivity contribution in [1.29, 1.82) is 0 Å². The lowest BCUT2D eigenvalue weighted by Crippen LogP contribution is -2.11. The van der Waals surface area contributed by atoms with Crippen molar-refractivity contribution in [2.45, 2.75) is 26.6 Å². The average molecular weight is 362 g/mol. The molecule has 1 aromatic heterocycles. The molecule has 0 aliphatic rings. The zero-order chi connectivity index (χ0) is 15.8. The molecule has 0 fully saturated rings. The lowest BCUT2D eigenvalue weighted by atomic mass is 10.1. The van der Waals surface area contributed by atoms with Gasteiger partial charge in [-0.25, -0.2) is 0 Å². The summed E-state index contributed by atoms with van der Waals surface area (Å²) in [5.74, 6) is 0. The smallest absolute Gasteiger partial charge is 0.380 e. The molecular formula is C14H15BrF3N3. The third-order valence-corrected chi connectivity index (χ3v) is 3.89. The van der Waals surface area contributed by atoms with Gasteiger partial charge in [-0.15, -0.1) is 0 Å². The number of hydrogen-bond donors (Lipinski definition) is 1. The molecule has 0 unspecified atom stereocenters. The first-order valence-electron chi connectivity index (χ1n) is 6.30. The number of aryl methyl sites for hydroxylation is 2. The Hall–Kier alpha value is -1.50. The minimum Gasteiger partial charge on any atom is -0.380 e. The van der Waals surface area contributed by atoms with Crippen LogP contribution in [0.2, 0.25) is 0 Å². The van der Waals surface area contributed by atoms with Crippen molar-refractivity contribution in [3.63, 3.8) is 0 Å². The molecule has 3 nitrogen and oxygen atoms in total. The SMILES string of the molecule is Cc1nn(C)c(C)c1CNc1cc(Br)ccc1C(F)(F)F. The zero-order valence-electron chi connectivity index (χ0n) is 11.8. The Morgan fingerprint density at radius 1 is 1.29 bits per heavy atom. The minimum absolute atomic E-state index is 0.0551. The molecule has 0 atom stereocenters. The third kappa shape index (κ3) is 3.40. The molecular weight excluding hydrogens is 347 g/mol. The summed E-state index contributed by atoms with van der Waals surface area (Å²) in [5.41, 5.74) is 2.03. The molecule has 1 heterocycles. The van der Waals surface area contributed by atoms with Crippen LogP contribution in [0, 0.1) is 13.8 Å². The number of rotatable bonds is 3. The van der Waals surface area contributed by atoms with Crippen LogP contribution in [0.15, 0.2) is 22.7 Å². The molecule has 0 saturated carbocycles. The molecule has 21 heavy (non-hydrogen) atoms. The van der Waals surface area contributed by atoms with Gasteiger partial charge in [0.05, 0.1) is 11.3 Å². The van der Waals surface area contributed by atoms with Crippen LogP contribution in [0.5, 0.6) is 0 Å². The highest BCUT2D eigenvalue weighted by atomic mass is 79.9. The minimum atomic E-state index is -4.39. The van der Waals surface area contributed by atoms with E-state index in [1.807, 2.05) is 20.9 Å². The van der Waals surface area contributed by atoms with Gasteiger partial charge in [-0.1, -0.05) is 15.9 Å². The summed E-state index contributed by atoms with van der Waals surface area (Å²) in [5, 5.41) is 7.13. The summed E-state index contributed by atoms with van der Waals surface area (Å²) in [7, 11) is 1.81. The maximum Gasteiger partial charge on any atom is 0.418 e. The van der Waals surface area contributed by atoms with E-state index in [0.717, 1.165) is 23.0 Å². The van der Waals surface area contributed by atoms with Crippen LogP contribution in [-0.4, -0.2) is 9.78 Å². The first-order valence-corrected chi connectivity index (χ1v) is 7.09. The molecule has 2 rings (SSSR count). The van der Waals surface area contributed by atoms with Crippen molar-refractivity contribution in [1.82, 2.24) is 9.78 Å². The van der Waals surface area contributed by atoms with Crippen LogP contribution >= 0.6 is 15.9 Å². The lowest BCUT2D eigenvalue weighted by Gasteiger charge is -2.15. The van der Waals surface area contributed by atoms with Crippen molar-refractivity contribution in [2.75, 3.05) is 5.32 Å². The van der Waals surface area contributed by atoms with Crippen LogP contribution < -0.4 is 5.32 Å². The molecule has 0 radical (unpaired) electrons. The monoisotopic (exact) mass is 361 g/mol. The standard InChI is InChI=1S/C14H15BrF3N3/c1-8-11(9(2)21(3)20-8)7-19-13-6-10(15)4-5-12(13)14(16,17)18/h4-6,19H,7H2,1-3H3. The Morgan fingerprint density at radius 2 is 1.95 bits per heavy atom. The summed E-state index contributed by atoms with van der Waals surface area (Å²) < 4.78 is 41.3. The van der Waals surface area contributed by atoms with Gasteiger partial charge >= 0.3 is 6.18 Å². The number of alkyl halides is 3. The third-order valence-electron chi connectivity index (χ3n) is 3.40. The highest BCUT2D eigenvalue weighted by Gasteiger charge is 2.33. The van der Waals surface area contributed by atoms with Crippen LogP contribution in [-0.2, 0) is 19.8 Å². The molecule has 1 N–H and O–H groups in total. The maximum atomic E-state index is 13.0. The zero-order valence-corrected chi connectivity index (χ0v) is 13.4. The fourth-order valence-electron chi connectivity index (χ4n) is 2.17. The molecule has 0 spiro atoms. The highest BCUT2D eigenvalue weighted by Crippen LogP contribution is 2.36. The summed E-state index contributed by atoms with van der Waals surface area (Å²) in [4.78, 5) is 0. The van der Waals surface area contributed by atoms with E-state index in [0.29, 0.717) is 11.0 Å². The summed E-state index contributed by atoms with van der Waals surface area (Å²) in [6, 6.07) is 3.88. The molecule has 0 saturated heterocycles. The number of nitrogens with one attached hydrogen (secondary N) is 1. The number of halogens is 4. The average Bonchev–Trinajstić information content (AvgIpc) is 2.60. The first-order chi connectivity index (χ1) is 9.70. The molecule has 2 aromatic rings. The molecule has 0 bridgehead atoms. The Morgan fingerprint density at radius 3 is 2.48 bits per heavy atom. The largest absolute Gasteiger partial charge is 0.418 e. The number of benzene rings is 1. The fraction of sp³-hybridized carbons (Fsp3) is 0.357. The van der Waals surface area contributed by atoms with E-state index in [1.54, 1.807) is 4.68 Å². The maximum absolute atomic E-state index is 13.0. The van der Waals surface area contributed by atoms with Crippen LogP contribution in [0.25, 0.3) is 0 Å². The summed E-state index contributed by atoms with van der Waals surface area (Å²) in [6.45, 7) is 4.03. The van der Waals surface area contributed by atoms with Crippen LogP contribution in [0.1, 0.15) is 22.5 Å². The van der Waals surface area contributed by atoms with E-state index in [9.17, 15) is 13.2 Å². The first kappa shape index (κ1) is 15.9. The van der Waals surface area contributed by atoms with E-state index in [4.69, 9.17) is 0 Å². The lowest BCUT2D eigenvalue weighted by molar-refractivity contribution is -0.137. The van der Waals surface area contributed by atoms with Crippen molar-refractivity contribution < 1.29 is 13.2 Å². The molecule has 0 amide bonds. The summed E-state index contributed by atoms with van der Waals surface area (Å²) >= 11 is 3.20. The van der Waals surface area contributed by atoms with E-state index in [-0.39, 0.29) is 5.69 Å². The Kier molecular flexibility index (Phi) is 4.32. The predicted molar refractivity (Wildman–Crippen MR) is 79.2 cm³/mol. The van der Waals surface area contributed by atoms with E-state index in [1.165, 1.54) is 12.1 Å². The highest BCUT2D eigenvalue weighted by molar-refractivity contribution is 9.10. The molecule has 7 heteroatoms. The fourth-order valence-corrected chi connectivity index (χ4v) is 2.53. The van der Waals surface area contributed by atoms with Gasteiger partial charge in [0.25, 0.3) is 0 Å². The Bertz CT molecular complexity index is 662. The van der Waals surface area contributed by atoms with Gasteiger partial charge < -0.3 is 5.32 Å². The molecule has 0 aliphatic carbocycles. The predicted octanol–water partition coefficient (Wildman–Crippen LogP) is 4.43. The second-order valence-corrected chi connectivity index (χ2v) is 5.73. The van der Waals surface area contributed by atoms with Crippen LogP contribution in [0.3, 0.4) is 0 Å². The van der Waals surface area contributed by atoms with Gasteiger partial charge in [0.15, 0.2) is 0 Å². The number of nitrogens with zero attached hydrogens (tertiary/aromatic N) is 2. The van der Waals surface area contributed by atoms with Crippen molar-refractivity contribution in [3.05, 3.63) is 45.2 Å². The normalized spacial score (nSPS) is 11.8. The van der Waals surface area contributed by atoms with Gasteiger partial charge in [-0.05, 0) is 32.0 Å². The van der Waals surface area contributed by atoms with E-state index >= 15 is 0 Å². The second kappa shape index (κ2) is 5.71. The quantitative estimate of drug-likeness (QED) is 0.876. The van der Waals surface area contributed by atoms with Crippen LogP contribution in [0.4, 0.5) is 18.9 Å². The number of hydrogen-bond acceptors (Lipinski definition) is 2. The molecule has 0 aliphatic heterocycles. The Labute approximate surface area is 129 Å². The number of aromatic nitrogens is 2. The van der Waals surface area contributed by atoms with Gasteiger partial charge in [0, 0.05) is 35.0 Å². The van der Waals surface area contributed by atoms with Crippen molar-refractivity contribution >= 4 is 21.6 Å². The Balaban J connectivity index is 2.30. The van der Waals surface area contributed by atoms with Gasteiger partial charge in [-0.3, -0.25) is 4.68 Å². The van der Waals surface area contributed by atoms with E-state index in [2.05, 4.69) is 26.3 Å². The second-order valence-electron chi connectivity index (χ2n) is 4.81. The summed E-state index contributed by atoms with van der Waals surface area (Å²) in [6.07, 6.45) is -4.39. The topological polar surface area (TPSA) is 29.9 Å². The molecule has 114 valence electrons. The van der Waals surface area contributed by atoms with E-state index < -0.39 is 11.7 Å². The van der Waals surface area contributed by atoms with Crippen molar-refractivity contribution in [3.8, 4) is 0 Å². The molecule has 1 aromatic carbocycles.